The molecule has 1 aromatic carbocycles. The van der Waals surface area contributed by atoms with E-state index >= 15 is 0 Å². The van der Waals surface area contributed by atoms with Crippen LogP contribution in [0.1, 0.15) is 38.8 Å². The fourth-order valence-electron chi connectivity index (χ4n) is 1.40. The van der Waals surface area contributed by atoms with Gasteiger partial charge in [0.2, 0.25) is 5.67 Å². The summed E-state index contributed by atoms with van der Waals surface area (Å²) in [5, 5.41) is 8.81. The second kappa shape index (κ2) is 3.89. The average molecular weight is 224 g/mol. The van der Waals surface area contributed by atoms with Gasteiger partial charge in [0.1, 0.15) is 0 Å². The van der Waals surface area contributed by atoms with E-state index in [1.807, 2.05) is 26.8 Å². The zero-order valence-electron chi connectivity index (χ0n) is 10.0. The topological polar surface area (TPSA) is 37.3 Å². The van der Waals surface area contributed by atoms with Crippen molar-refractivity contribution in [3.8, 4) is 0 Å². The molecule has 0 bridgehead atoms. The summed E-state index contributed by atoms with van der Waals surface area (Å²) >= 11 is 0. The van der Waals surface area contributed by atoms with Crippen LogP contribution < -0.4 is 0 Å². The molecule has 16 heavy (non-hydrogen) atoms. The van der Waals surface area contributed by atoms with Crippen LogP contribution in [0.15, 0.2) is 24.3 Å². The molecule has 1 N–H and O–H groups in total. The second-order valence-corrected chi connectivity index (χ2v) is 5.14. The molecule has 1 rings (SSSR count). The van der Waals surface area contributed by atoms with E-state index in [9.17, 15) is 9.18 Å². The fourth-order valence-corrected chi connectivity index (χ4v) is 1.40. The van der Waals surface area contributed by atoms with E-state index in [1.54, 1.807) is 12.1 Å². The van der Waals surface area contributed by atoms with Crippen molar-refractivity contribution in [2.45, 2.75) is 38.8 Å². The third kappa shape index (κ3) is 2.40. The highest BCUT2D eigenvalue weighted by molar-refractivity contribution is 5.78. The molecule has 0 aliphatic heterocycles. The van der Waals surface area contributed by atoms with E-state index in [1.165, 1.54) is 6.07 Å². The maximum Gasteiger partial charge on any atom is 0.345 e. The largest absolute Gasteiger partial charge is 0.479 e. The number of aliphatic carboxylic acids is 1. The lowest BCUT2D eigenvalue weighted by molar-refractivity contribution is -0.150. The molecule has 1 atom stereocenters. The van der Waals surface area contributed by atoms with Crippen LogP contribution in [-0.2, 0) is 15.9 Å². The van der Waals surface area contributed by atoms with Crippen LogP contribution >= 0.6 is 0 Å². The van der Waals surface area contributed by atoms with Crippen molar-refractivity contribution in [1.29, 1.82) is 0 Å². The molecule has 0 fully saturated rings. The van der Waals surface area contributed by atoms with Crippen molar-refractivity contribution in [3.05, 3.63) is 35.4 Å². The average Bonchev–Trinajstić information content (AvgIpc) is 2.16. The van der Waals surface area contributed by atoms with E-state index in [4.69, 9.17) is 5.11 Å². The maximum absolute atomic E-state index is 13.9. The third-order valence-electron chi connectivity index (χ3n) is 2.67. The second-order valence-electron chi connectivity index (χ2n) is 5.14. The van der Waals surface area contributed by atoms with Crippen molar-refractivity contribution in [2.75, 3.05) is 0 Å². The molecule has 0 aromatic heterocycles. The maximum atomic E-state index is 13.9. The van der Waals surface area contributed by atoms with Crippen LogP contribution in [0, 0.1) is 0 Å². The molecule has 0 saturated carbocycles. The Morgan fingerprint density at radius 3 is 2.12 bits per heavy atom. The highest BCUT2D eigenvalue weighted by Crippen LogP contribution is 2.30. The molecule has 0 aliphatic carbocycles. The van der Waals surface area contributed by atoms with Crippen molar-refractivity contribution in [2.24, 2.45) is 0 Å². The molecule has 1 unspecified atom stereocenters. The Kier molecular flexibility index (Phi) is 3.08. The number of hydrogen-bond acceptors (Lipinski definition) is 1. The van der Waals surface area contributed by atoms with Gasteiger partial charge in [0.15, 0.2) is 0 Å². The summed E-state index contributed by atoms with van der Waals surface area (Å²) in [6.07, 6.45) is 0. The minimum absolute atomic E-state index is 0.120. The summed E-state index contributed by atoms with van der Waals surface area (Å²) in [6.45, 7) is 7.07. The summed E-state index contributed by atoms with van der Waals surface area (Å²) in [4.78, 5) is 10.8. The quantitative estimate of drug-likeness (QED) is 0.837. The van der Waals surface area contributed by atoms with Crippen LogP contribution in [0.4, 0.5) is 4.39 Å². The minimum Gasteiger partial charge on any atom is -0.479 e. The normalized spacial score (nSPS) is 15.6. The first-order valence-electron chi connectivity index (χ1n) is 5.19. The van der Waals surface area contributed by atoms with E-state index in [2.05, 4.69) is 0 Å². The van der Waals surface area contributed by atoms with Crippen molar-refractivity contribution in [3.63, 3.8) is 0 Å². The number of benzene rings is 1. The van der Waals surface area contributed by atoms with Gasteiger partial charge in [-0.3, -0.25) is 0 Å². The highest BCUT2D eigenvalue weighted by Gasteiger charge is 2.35. The summed E-state index contributed by atoms with van der Waals surface area (Å²) < 4.78 is 13.9. The number of carbonyl (C=O) groups is 1. The third-order valence-corrected chi connectivity index (χ3v) is 2.67. The Bertz CT molecular complexity index is 403. The first-order valence-corrected chi connectivity index (χ1v) is 5.19. The van der Waals surface area contributed by atoms with Gasteiger partial charge in [0, 0.05) is 5.56 Å². The molecule has 0 radical (unpaired) electrons. The van der Waals surface area contributed by atoms with Gasteiger partial charge in [-0.15, -0.1) is 0 Å². The smallest absolute Gasteiger partial charge is 0.345 e. The molecule has 3 heteroatoms. The lowest BCUT2D eigenvalue weighted by Gasteiger charge is -2.22. The van der Waals surface area contributed by atoms with Gasteiger partial charge in [-0.1, -0.05) is 45.0 Å². The number of halogens is 1. The molecular formula is C13H17FO2. The molecule has 0 saturated heterocycles. The van der Waals surface area contributed by atoms with E-state index in [0.717, 1.165) is 12.5 Å². The number of hydrogen-bond donors (Lipinski definition) is 1. The number of carboxylic acids is 1. The molecule has 1 aromatic rings. The molecule has 0 amide bonds. The Morgan fingerprint density at radius 1 is 1.19 bits per heavy atom. The highest BCUT2D eigenvalue weighted by atomic mass is 19.1. The monoisotopic (exact) mass is 224 g/mol. The minimum atomic E-state index is -2.33. The van der Waals surface area contributed by atoms with Gasteiger partial charge in [-0.05, 0) is 17.9 Å². The van der Waals surface area contributed by atoms with Crippen molar-refractivity contribution < 1.29 is 14.3 Å². The molecular weight excluding hydrogens is 207 g/mol. The predicted octanol–water partition coefficient (Wildman–Crippen LogP) is 3.25. The van der Waals surface area contributed by atoms with Crippen LogP contribution in [0.3, 0.4) is 0 Å². The fraction of sp³-hybridized carbons (Fsp3) is 0.462. The van der Waals surface area contributed by atoms with E-state index in [0.29, 0.717) is 0 Å². The Balaban J connectivity index is 3.23. The zero-order chi connectivity index (χ0) is 12.6. The molecule has 0 spiro atoms. The van der Waals surface area contributed by atoms with Gasteiger partial charge in [-0.25, -0.2) is 9.18 Å². The van der Waals surface area contributed by atoms with Gasteiger partial charge in [0.05, 0.1) is 0 Å². The van der Waals surface area contributed by atoms with Crippen LogP contribution in [0.5, 0.6) is 0 Å². The summed E-state index contributed by atoms with van der Waals surface area (Å²) in [7, 11) is 0. The molecule has 88 valence electrons. The molecule has 2 nitrogen and oxygen atoms in total. The van der Waals surface area contributed by atoms with Crippen LogP contribution in [-0.4, -0.2) is 11.1 Å². The standard InChI is InChI=1S/C13H17FO2/c1-12(2,3)9-6-5-7-10(8-9)13(4,14)11(15)16/h5-8H,1-4H3,(H,15,16). The zero-order valence-corrected chi connectivity index (χ0v) is 10.0. The van der Waals surface area contributed by atoms with Crippen LogP contribution in [0.2, 0.25) is 0 Å². The molecule has 0 aliphatic rings. The summed E-state index contributed by atoms with van der Waals surface area (Å²) in [5.41, 5.74) is -1.34. The Hall–Kier alpha value is -1.38. The van der Waals surface area contributed by atoms with Gasteiger partial charge in [0.25, 0.3) is 0 Å². The van der Waals surface area contributed by atoms with Gasteiger partial charge < -0.3 is 5.11 Å². The lowest BCUT2D eigenvalue weighted by atomic mass is 9.84. The Morgan fingerprint density at radius 2 is 1.69 bits per heavy atom. The first kappa shape index (κ1) is 12.7. The first-order chi connectivity index (χ1) is 7.15. The van der Waals surface area contributed by atoms with Crippen molar-refractivity contribution in [1.82, 2.24) is 0 Å². The Labute approximate surface area is 95.1 Å². The lowest BCUT2D eigenvalue weighted by Crippen LogP contribution is -2.27. The summed E-state index contributed by atoms with van der Waals surface area (Å²) in [5.74, 6) is -1.46. The van der Waals surface area contributed by atoms with Gasteiger partial charge >= 0.3 is 5.97 Å². The summed E-state index contributed by atoms with van der Waals surface area (Å²) in [6, 6.07) is 6.69. The predicted molar refractivity (Wildman–Crippen MR) is 61.2 cm³/mol. The number of alkyl halides is 1. The SMILES string of the molecule is CC(C)(C)c1cccc(C(C)(F)C(=O)O)c1. The van der Waals surface area contributed by atoms with E-state index < -0.39 is 11.6 Å². The number of carboxylic acid groups (broad SMARTS) is 1. The van der Waals surface area contributed by atoms with Crippen molar-refractivity contribution >= 4 is 5.97 Å². The van der Waals surface area contributed by atoms with Gasteiger partial charge in [-0.2, -0.15) is 0 Å². The number of rotatable bonds is 2. The van der Waals surface area contributed by atoms with Crippen LogP contribution in [0.25, 0.3) is 0 Å². The molecule has 0 heterocycles. The van der Waals surface area contributed by atoms with E-state index in [-0.39, 0.29) is 11.0 Å².